The first-order valence-electron chi connectivity index (χ1n) is 5.36. The van der Waals surface area contributed by atoms with Crippen molar-refractivity contribution < 1.29 is 4.74 Å². The third kappa shape index (κ3) is 1.91. The molecule has 0 saturated heterocycles. The molecule has 6 nitrogen and oxygen atoms in total. The van der Waals surface area contributed by atoms with Gasteiger partial charge in [-0.3, -0.25) is 0 Å². The number of nitrogen functional groups attached to an aromatic ring is 2. The van der Waals surface area contributed by atoms with Crippen LogP contribution in [0.25, 0.3) is 5.65 Å². The molecular formula is C12H11N5O. The van der Waals surface area contributed by atoms with Crippen LogP contribution in [0, 0.1) is 0 Å². The first-order valence-corrected chi connectivity index (χ1v) is 5.36. The van der Waals surface area contributed by atoms with Crippen LogP contribution in [0.15, 0.2) is 42.6 Å². The van der Waals surface area contributed by atoms with E-state index in [9.17, 15) is 0 Å². The monoisotopic (exact) mass is 241 g/mol. The number of nitrogens with zero attached hydrogens (tertiary/aromatic N) is 3. The molecule has 0 spiro atoms. The van der Waals surface area contributed by atoms with Crippen molar-refractivity contribution >= 4 is 17.3 Å². The van der Waals surface area contributed by atoms with Gasteiger partial charge in [0.05, 0.1) is 0 Å². The summed E-state index contributed by atoms with van der Waals surface area (Å²) in [6.45, 7) is 0. The van der Waals surface area contributed by atoms with E-state index in [-0.39, 0.29) is 5.95 Å². The van der Waals surface area contributed by atoms with Gasteiger partial charge in [0.15, 0.2) is 5.65 Å². The molecule has 2 heterocycles. The van der Waals surface area contributed by atoms with Crippen molar-refractivity contribution in [2.45, 2.75) is 0 Å². The van der Waals surface area contributed by atoms with Crippen LogP contribution in [0.4, 0.5) is 11.6 Å². The van der Waals surface area contributed by atoms with Crippen molar-refractivity contribution in [2.75, 3.05) is 11.5 Å². The van der Waals surface area contributed by atoms with Crippen LogP contribution < -0.4 is 16.2 Å². The lowest BCUT2D eigenvalue weighted by Gasteiger charge is -2.05. The van der Waals surface area contributed by atoms with Crippen LogP contribution in [0.5, 0.6) is 11.5 Å². The lowest BCUT2D eigenvalue weighted by Crippen LogP contribution is -1.90. The molecule has 0 fully saturated rings. The summed E-state index contributed by atoms with van der Waals surface area (Å²) in [7, 11) is 0. The van der Waals surface area contributed by atoms with Crippen LogP contribution in [0.3, 0.4) is 0 Å². The normalized spacial score (nSPS) is 10.7. The van der Waals surface area contributed by atoms with Gasteiger partial charge < -0.3 is 16.2 Å². The van der Waals surface area contributed by atoms with Crippen LogP contribution >= 0.6 is 0 Å². The Hall–Kier alpha value is -2.76. The van der Waals surface area contributed by atoms with E-state index in [1.165, 1.54) is 0 Å². The molecule has 18 heavy (non-hydrogen) atoms. The summed E-state index contributed by atoms with van der Waals surface area (Å²) >= 11 is 0. The summed E-state index contributed by atoms with van der Waals surface area (Å²) in [4.78, 5) is 4.06. The molecule has 0 aliphatic heterocycles. The second-order valence-electron chi connectivity index (χ2n) is 3.81. The van der Waals surface area contributed by atoms with Crippen LogP contribution in [0.2, 0.25) is 0 Å². The number of rotatable bonds is 2. The maximum Gasteiger partial charge on any atom is 0.240 e. The number of ether oxygens (including phenoxy) is 1. The Kier molecular flexibility index (Phi) is 2.26. The Morgan fingerprint density at radius 2 is 1.78 bits per heavy atom. The predicted octanol–water partition coefficient (Wildman–Crippen LogP) is 1.69. The van der Waals surface area contributed by atoms with Gasteiger partial charge in [-0.05, 0) is 30.3 Å². The first kappa shape index (κ1) is 10.4. The van der Waals surface area contributed by atoms with Gasteiger partial charge in [-0.2, -0.15) is 4.98 Å². The molecule has 90 valence electrons. The fourth-order valence-electron chi connectivity index (χ4n) is 1.62. The van der Waals surface area contributed by atoms with E-state index in [2.05, 4.69) is 10.1 Å². The molecule has 0 saturated carbocycles. The van der Waals surface area contributed by atoms with Crippen LogP contribution in [-0.2, 0) is 0 Å². The fraction of sp³-hybridized carbons (Fsp3) is 0. The van der Waals surface area contributed by atoms with Gasteiger partial charge in [0.25, 0.3) is 0 Å². The summed E-state index contributed by atoms with van der Waals surface area (Å²) in [5.74, 6) is 1.61. The minimum Gasteiger partial charge on any atom is -0.457 e. The predicted molar refractivity (Wildman–Crippen MR) is 68.3 cm³/mol. The number of pyridine rings is 1. The zero-order valence-electron chi connectivity index (χ0n) is 9.45. The summed E-state index contributed by atoms with van der Waals surface area (Å²) < 4.78 is 7.26. The number of aromatic nitrogens is 3. The molecule has 3 rings (SSSR count). The number of hydrogen-bond donors (Lipinski definition) is 2. The molecule has 0 amide bonds. The number of anilines is 2. The van der Waals surface area contributed by atoms with Gasteiger partial charge in [0.2, 0.25) is 5.95 Å². The van der Waals surface area contributed by atoms with E-state index in [1.54, 1.807) is 47.1 Å². The van der Waals surface area contributed by atoms with E-state index in [0.717, 1.165) is 0 Å². The van der Waals surface area contributed by atoms with Crippen molar-refractivity contribution in [3.63, 3.8) is 0 Å². The van der Waals surface area contributed by atoms with Crippen molar-refractivity contribution in [1.29, 1.82) is 0 Å². The highest BCUT2D eigenvalue weighted by Gasteiger charge is 2.03. The highest BCUT2D eigenvalue weighted by Crippen LogP contribution is 2.23. The van der Waals surface area contributed by atoms with E-state index in [1.807, 2.05) is 0 Å². The Labute approximate surface area is 103 Å². The SMILES string of the molecule is Nc1ccc(Oc2ccn3nc(N)nc3c2)cc1. The molecular weight excluding hydrogens is 230 g/mol. The van der Waals surface area contributed by atoms with E-state index < -0.39 is 0 Å². The van der Waals surface area contributed by atoms with Gasteiger partial charge in [0.1, 0.15) is 11.5 Å². The highest BCUT2D eigenvalue weighted by atomic mass is 16.5. The summed E-state index contributed by atoms with van der Waals surface area (Å²) in [5, 5.41) is 3.98. The largest absolute Gasteiger partial charge is 0.457 e. The third-order valence-electron chi connectivity index (χ3n) is 2.44. The smallest absolute Gasteiger partial charge is 0.240 e. The van der Waals surface area contributed by atoms with Gasteiger partial charge in [-0.25, -0.2) is 4.52 Å². The van der Waals surface area contributed by atoms with Crippen LogP contribution in [0.1, 0.15) is 0 Å². The molecule has 0 unspecified atom stereocenters. The van der Waals surface area contributed by atoms with Gasteiger partial charge in [-0.1, -0.05) is 0 Å². The molecule has 1 aromatic carbocycles. The third-order valence-corrected chi connectivity index (χ3v) is 2.44. The second kappa shape index (κ2) is 3.92. The molecule has 0 bridgehead atoms. The maximum atomic E-state index is 5.67. The second-order valence-corrected chi connectivity index (χ2v) is 3.81. The molecule has 0 radical (unpaired) electrons. The first-order chi connectivity index (χ1) is 8.70. The Morgan fingerprint density at radius 3 is 2.56 bits per heavy atom. The lowest BCUT2D eigenvalue weighted by molar-refractivity contribution is 0.482. The standard InChI is InChI=1S/C12H11N5O/c13-8-1-3-9(4-2-8)18-10-5-6-17-11(7-10)15-12(14)16-17/h1-7H,13H2,(H2,14,16). The lowest BCUT2D eigenvalue weighted by atomic mass is 10.3. The maximum absolute atomic E-state index is 5.67. The highest BCUT2D eigenvalue weighted by molar-refractivity contribution is 5.48. The van der Waals surface area contributed by atoms with E-state index in [4.69, 9.17) is 16.2 Å². The van der Waals surface area contributed by atoms with Crippen molar-refractivity contribution in [3.8, 4) is 11.5 Å². The molecule has 4 N–H and O–H groups in total. The van der Waals surface area contributed by atoms with Crippen molar-refractivity contribution in [3.05, 3.63) is 42.6 Å². The molecule has 0 aliphatic carbocycles. The summed E-state index contributed by atoms with van der Waals surface area (Å²) in [6.07, 6.45) is 1.74. The number of nitrogens with two attached hydrogens (primary N) is 2. The number of hydrogen-bond acceptors (Lipinski definition) is 5. The van der Waals surface area contributed by atoms with Crippen LogP contribution in [-0.4, -0.2) is 14.6 Å². The van der Waals surface area contributed by atoms with Gasteiger partial charge in [-0.15, -0.1) is 5.10 Å². The Balaban J connectivity index is 1.92. The molecule has 0 aliphatic rings. The summed E-state index contributed by atoms with van der Waals surface area (Å²) in [6, 6.07) is 10.7. The molecule has 0 atom stereocenters. The average Bonchev–Trinajstić information content (AvgIpc) is 2.71. The fourth-order valence-corrected chi connectivity index (χ4v) is 1.62. The molecule has 3 aromatic rings. The zero-order chi connectivity index (χ0) is 12.5. The van der Waals surface area contributed by atoms with E-state index in [0.29, 0.717) is 22.8 Å². The average molecular weight is 241 g/mol. The quantitative estimate of drug-likeness (QED) is 0.666. The van der Waals surface area contributed by atoms with Gasteiger partial charge in [0, 0.05) is 18.0 Å². The minimum atomic E-state index is 0.236. The Bertz CT molecular complexity index is 689. The molecule has 2 aromatic heterocycles. The molecule has 6 heteroatoms. The van der Waals surface area contributed by atoms with Gasteiger partial charge >= 0.3 is 0 Å². The Morgan fingerprint density at radius 1 is 1.00 bits per heavy atom. The van der Waals surface area contributed by atoms with Crippen molar-refractivity contribution in [2.24, 2.45) is 0 Å². The zero-order valence-corrected chi connectivity index (χ0v) is 9.45. The van der Waals surface area contributed by atoms with Crippen molar-refractivity contribution in [1.82, 2.24) is 14.6 Å². The topological polar surface area (TPSA) is 91.5 Å². The summed E-state index contributed by atoms with van der Waals surface area (Å²) in [5.41, 5.74) is 12.5. The number of fused-ring (bicyclic) bond motifs is 1. The number of benzene rings is 1. The minimum absolute atomic E-state index is 0.236. The van der Waals surface area contributed by atoms with E-state index >= 15 is 0 Å².